The fourth-order valence-electron chi connectivity index (χ4n) is 3.09. The number of guanidine groups is 1. The third kappa shape index (κ3) is 6.86. The van der Waals surface area contributed by atoms with Crippen LogP contribution in [0, 0.1) is 0 Å². The highest BCUT2D eigenvalue weighted by Gasteiger charge is 2.41. The molecule has 1 atom stereocenters. The highest BCUT2D eigenvalue weighted by molar-refractivity contribution is 7.88. The molecule has 1 aromatic rings. The van der Waals surface area contributed by atoms with Crippen molar-refractivity contribution in [1.82, 2.24) is 19.8 Å². The minimum Gasteiger partial charge on any atom is -0.352 e. The van der Waals surface area contributed by atoms with Gasteiger partial charge in [0, 0.05) is 39.8 Å². The maximum Gasteiger partial charge on any atom is 0.403 e. The van der Waals surface area contributed by atoms with Gasteiger partial charge in [-0.15, -0.1) is 0 Å². The zero-order valence-electron chi connectivity index (χ0n) is 16.8. The second kappa shape index (κ2) is 9.77. The van der Waals surface area contributed by atoms with Crippen LogP contribution in [0.15, 0.2) is 29.3 Å². The molecule has 0 aliphatic carbocycles. The number of hydrogen-bond donors (Lipinski definition) is 2. The Kier molecular flexibility index (Phi) is 7.89. The Hall–Kier alpha value is -1.85. The van der Waals surface area contributed by atoms with Crippen LogP contribution in [0.2, 0.25) is 0 Å². The van der Waals surface area contributed by atoms with Crippen LogP contribution in [0.25, 0.3) is 0 Å². The van der Waals surface area contributed by atoms with Gasteiger partial charge in [-0.2, -0.15) is 13.2 Å². The van der Waals surface area contributed by atoms with E-state index in [4.69, 9.17) is 0 Å². The van der Waals surface area contributed by atoms with Crippen molar-refractivity contribution in [1.29, 1.82) is 0 Å². The summed E-state index contributed by atoms with van der Waals surface area (Å²) in [5.41, 5.74) is 1.63. The number of rotatable bonds is 6. The number of hydrogen-bond acceptors (Lipinski definition) is 4. The number of nitrogens with zero attached hydrogens (tertiary/aromatic N) is 3. The molecule has 1 aliphatic heterocycles. The summed E-state index contributed by atoms with van der Waals surface area (Å²) in [5.74, 6) is 0.547. The Balaban J connectivity index is 1.87. The van der Waals surface area contributed by atoms with Crippen LogP contribution < -0.4 is 10.0 Å². The second-order valence-electron chi connectivity index (χ2n) is 6.92. The minimum atomic E-state index is -4.22. The molecule has 1 heterocycles. The molecular weight excluding hydrogens is 407 g/mol. The van der Waals surface area contributed by atoms with E-state index in [1.165, 1.54) is 18.9 Å². The molecule has 29 heavy (non-hydrogen) atoms. The minimum absolute atomic E-state index is 0.0838. The Morgan fingerprint density at radius 2 is 1.69 bits per heavy atom. The number of sulfonamides is 1. The van der Waals surface area contributed by atoms with Crippen molar-refractivity contribution in [3.63, 3.8) is 0 Å². The summed E-state index contributed by atoms with van der Waals surface area (Å²) < 4.78 is 64.1. The van der Waals surface area contributed by atoms with E-state index in [9.17, 15) is 21.6 Å². The van der Waals surface area contributed by atoms with Crippen molar-refractivity contribution in [3.05, 3.63) is 35.4 Å². The van der Waals surface area contributed by atoms with Crippen LogP contribution in [0.3, 0.4) is 0 Å². The van der Waals surface area contributed by atoms with Gasteiger partial charge in [0.05, 0.1) is 5.75 Å². The van der Waals surface area contributed by atoms with Gasteiger partial charge in [-0.3, -0.25) is 9.89 Å². The first-order valence-electron chi connectivity index (χ1n) is 9.31. The van der Waals surface area contributed by atoms with Gasteiger partial charge in [0.25, 0.3) is 0 Å². The highest BCUT2D eigenvalue weighted by Crippen LogP contribution is 2.25. The van der Waals surface area contributed by atoms with Crippen LogP contribution in [0.1, 0.15) is 18.1 Å². The smallest absolute Gasteiger partial charge is 0.352 e. The molecule has 1 fully saturated rings. The molecule has 7 nitrogen and oxygen atoms in total. The van der Waals surface area contributed by atoms with Crippen molar-refractivity contribution in [2.75, 3.05) is 40.3 Å². The average Bonchev–Trinajstić information content (AvgIpc) is 2.68. The molecule has 1 aromatic carbocycles. The lowest BCUT2D eigenvalue weighted by atomic mass is 10.1. The second-order valence-corrected chi connectivity index (χ2v) is 8.85. The zero-order chi connectivity index (χ0) is 21.7. The maximum atomic E-state index is 12.9. The summed E-state index contributed by atoms with van der Waals surface area (Å²) >= 11 is 0. The monoisotopic (exact) mass is 435 g/mol. The predicted molar refractivity (Wildman–Crippen MR) is 107 cm³/mol. The van der Waals surface area contributed by atoms with Crippen molar-refractivity contribution in [2.24, 2.45) is 4.99 Å². The Morgan fingerprint density at radius 3 is 2.17 bits per heavy atom. The third-order valence-corrected chi connectivity index (χ3v) is 6.32. The van der Waals surface area contributed by atoms with E-state index in [-0.39, 0.29) is 5.75 Å². The van der Waals surface area contributed by atoms with Gasteiger partial charge in [-0.25, -0.2) is 13.1 Å². The van der Waals surface area contributed by atoms with Crippen LogP contribution in [-0.2, 0) is 22.3 Å². The number of nitrogens with one attached hydrogen (secondary N) is 2. The average molecular weight is 436 g/mol. The Morgan fingerprint density at radius 1 is 1.14 bits per heavy atom. The predicted octanol–water partition coefficient (Wildman–Crippen LogP) is 1.38. The number of piperazine rings is 1. The van der Waals surface area contributed by atoms with Crippen LogP contribution in [0.5, 0.6) is 0 Å². The Bertz CT molecular complexity index is 789. The van der Waals surface area contributed by atoms with E-state index in [1.807, 2.05) is 17.0 Å². The van der Waals surface area contributed by atoms with E-state index >= 15 is 0 Å². The normalized spacial score (nSPS) is 18.0. The quantitative estimate of drug-likeness (QED) is 0.522. The summed E-state index contributed by atoms with van der Waals surface area (Å²) in [6.07, 6.45) is -4.22. The Labute approximate surface area is 170 Å². The third-order valence-electron chi connectivity index (χ3n) is 4.99. The van der Waals surface area contributed by atoms with Gasteiger partial charge in [-0.1, -0.05) is 24.3 Å². The number of aliphatic imine (C=N–C) groups is 1. The standard InChI is InChI=1S/C18H28F3N5O2S/c1-14(18(19,20)21)25-8-10-26(11-9-25)17(22-2)24-12-15-4-6-16(7-5-15)13-29(27,28)23-3/h4-7,14,23H,8-13H2,1-3H3,(H,22,24). The van der Waals surface area contributed by atoms with Crippen molar-refractivity contribution in [2.45, 2.75) is 31.4 Å². The van der Waals surface area contributed by atoms with Crippen LogP contribution in [-0.4, -0.2) is 76.7 Å². The van der Waals surface area contributed by atoms with Gasteiger partial charge in [0.1, 0.15) is 6.04 Å². The van der Waals surface area contributed by atoms with E-state index in [1.54, 1.807) is 19.2 Å². The van der Waals surface area contributed by atoms with Crippen molar-refractivity contribution >= 4 is 16.0 Å². The molecular formula is C18H28F3N5O2S. The highest BCUT2D eigenvalue weighted by atomic mass is 32.2. The van der Waals surface area contributed by atoms with Gasteiger partial charge in [0.15, 0.2) is 5.96 Å². The fourth-order valence-corrected chi connectivity index (χ4v) is 3.86. The summed E-state index contributed by atoms with van der Waals surface area (Å²) in [6, 6.07) is 5.73. The molecule has 0 spiro atoms. The van der Waals surface area contributed by atoms with Crippen molar-refractivity contribution < 1.29 is 21.6 Å². The summed E-state index contributed by atoms with van der Waals surface area (Å²) in [4.78, 5) is 7.60. The van der Waals surface area contributed by atoms with Gasteiger partial charge < -0.3 is 10.2 Å². The topological polar surface area (TPSA) is 77.0 Å². The van der Waals surface area contributed by atoms with Gasteiger partial charge in [0.2, 0.25) is 10.0 Å². The first-order chi connectivity index (χ1) is 13.6. The molecule has 2 rings (SSSR count). The fraction of sp³-hybridized carbons (Fsp3) is 0.611. The molecule has 0 saturated carbocycles. The largest absolute Gasteiger partial charge is 0.403 e. The van der Waals surface area contributed by atoms with Gasteiger partial charge >= 0.3 is 6.18 Å². The lowest BCUT2D eigenvalue weighted by molar-refractivity contribution is -0.181. The molecule has 11 heteroatoms. The molecule has 0 bridgehead atoms. The van der Waals surface area contributed by atoms with E-state index in [0.717, 1.165) is 5.56 Å². The molecule has 1 aliphatic rings. The molecule has 164 valence electrons. The first-order valence-corrected chi connectivity index (χ1v) is 11.0. The van der Waals surface area contributed by atoms with E-state index < -0.39 is 22.2 Å². The summed E-state index contributed by atoms with van der Waals surface area (Å²) in [6.45, 7) is 3.22. The summed E-state index contributed by atoms with van der Waals surface area (Å²) in [7, 11) is -0.300. The van der Waals surface area contributed by atoms with Crippen LogP contribution in [0.4, 0.5) is 13.2 Å². The zero-order valence-corrected chi connectivity index (χ0v) is 17.6. The summed E-state index contributed by atoms with van der Waals surface area (Å²) in [5, 5.41) is 3.21. The SMILES string of the molecule is CN=C(NCc1ccc(CS(=O)(=O)NC)cc1)N1CCN(C(C)C(F)(F)F)CC1. The van der Waals surface area contributed by atoms with E-state index in [0.29, 0.717) is 44.2 Å². The van der Waals surface area contributed by atoms with Crippen molar-refractivity contribution in [3.8, 4) is 0 Å². The van der Waals surface area contributed by atoms with Gasteiger partial charge in [-0.05, 0) is 25.1 Å². The lowest BCUT2D eigenvalue weighted by Crippen LogP contribution is -2.56. The number of halogens is 3. The van der Waals surface area contributed by atoms with E-state index in [2.05, 4.69) is 15.0 Å². The molecule has 2 N–H and O–H groups in total. The molecule has 0 aromatic heterocycles. The van der Waals surface area contributed by atoms with Crippen LogP contribution >= 0.6 is 0 Å². The molecule has 0 radical (unpaired) electrons. The first kappa shape index (κ1) is 23.4. The maximum absolute atomic E-state index is 12.9. The lowest BCUT2D eigenvalue weighted by Gasteiger charge is -2.39. The molecule has 1 unspecified atom stereocenters. The molecule has 1 saturated heterocycles. The number of alkyl halides is 3. The number of benzene rings is 1. The molecule has 0 amide bonds.